The van der Waals surface area contributed by atoms with E-state index in [0.717, 1.165) is 5.69 Å². The average Bonchev–Trinajstić information content (AvgIpc) is 3.84. The van der Waals surface area contributed by atoms with Crippen molar-refractivity contribution in [1.82, 2.24) is 0 Å². The Morgan fingerprint density at radius 1 is 0.317 bits per heavy atom. The molecule has 1 heterocycles. The second-order valence-corrected chi connectivity index (χ2v) is 18.3. The molecule has 1 nitrogen and oxygen atoms in total. The molecule has 0 spiro atoms. The standard InChI is InChI=1S/C61H43NS/c1-61(2)56-27-15-14-24-50(56)51-34-33-48(38-57(51)61)62(47-21-10-5-11-22-47)58-28-16-26-53-55-39-54(49-23-12-13-25-52(49)59(55)63-60(53)58)43-31-29-42(30-32-43)46-36-44(40-17-6-3-7-18-40)35-45(37-46)41-19-8-4-9-20-41/h3-39H,1-2H3. The van der Waals surface area contributed by atoms with Gasteiger partial charge >= 0.3 is 0 Å². The third-order valence-corrected chi connectivity index (χ3v) is 14.5. The molecule has 1 aliphatic carbocycles. The molecular formula is C61H43NS. The first kappa shape index (κ1) is 37.3. The highest BCUT2D eigenvalue weighted by Gasteiger charge is 2.36. The fraction of sp³-hybridized carbons (Fsp3) is 0.0492. The number of thiophene rings is 1. The summed E-state index contributed by atoms with van der Waals surface area (Å²) >= 11 is 1.91. The molecule has 0 amide bonds. The summed E-state index contributed by atoms with van der Waals surface area (Å²) in [6.45, 7) is 4.73. The summed E-state index contributed by atoms with van der Waals surface area (Å²) in [6, 6.07) is 82.7. The molecule has 2 heteroatoms. The number of para-hydroxylation sites is 1. The van der Waals surface area contributed by atoms with Gasteiger partial charge in [0.05, 0.1) is 10.4 Å². The summed E-state index contributed by atoms with van der Waals surface area (Å²) in [7, 11) is 0. The first-order valence-corrected chi connectivity index (χ1v) is 22.6. The molecule has 63 heavy (non-hydrogen) atoms. The van der Waals surface area contributed by atoms with Gasteiger partial charge in [0, 0.05) is 37.6 Å². The minimum atomic E-state index is -0.0985. The van der Waals surface area contributed by atoms with Crippen molar-refractivity contribution in [1.29, 1.82) is 0 Å². The summed E-state index contributed by atoms with van der Waals surface area (Å²) in [4.78, 5) is 2.47. The summed E-state index contributed by atoms with van der Waals surface area (Å²) < 4.78 is 2.60. The first-order valence-electron chi connectivity index (χ1n) is 21.8. The van der Waals surface area contributed by atoms with Crippen molar-refractivity contribution < 1.29 is 0 Å². The Balaban J connectivity index is 0.992. The van der Waals surface area contributed by atoms with Gasteiger partial charge in [-0.25, -0.2) is 0 Å². The summed E-state index contributed by atoms with van der Waals surface area (Å²) in [5.74, 6) is 0. The van der Waals surface area contributed by atoms with Crippen LogP contribution in [0, 0.1) is 0 Å². The SMILES string of the molecule is CC1(C)c2ccccc2-c2ccc(N(c3ccccc3)c3cccc4c3sc3c5ccccc5c(-c5ccc(-c6cc(-c7ccccc7)cc(-c7ccccc7)c6)cc5)cc43)cc21. The molecule has 298 valence electrons. The van der Waals surface area contributed by atoms with E-state index in [-0.39, 0.29) is 5.41 Å². The molecule has 10 aromatic carbocycles. The van der Waals surface area contributed by atoms with Gasteiger partial charge in [-0.1, -0.05) is 184 Å². The van der Waals surface area contributed by atoms with E-state index in [4.69, 9.17) is 0 Å². The van der Waals surface area contributed by atoms with Gasteiger partial charge in [0.1, 0.15) is 0 Å². The summed E-state index contributed by atoms with van der Waals surface area (Å²) in [5.41, 5.74) is 18.6. The zero-order valence-electron chi connectivity index (χ0n) is 35.2. The van der Waals surface area contributed by atoms with Gasteiger partial charge in [0.15, 0.2) is 0 Å². The number of nitrogens with zero attached hydrogens (tertiary/aromatic N) is 1. The molecule has 1 aromatic heterocycles. The van der Waals surface area contributed by atoms with E-state index in [1.807, 2.05) is 11.3 Å². The normalized spacial score (nSPS) is 12.7. The molecule has 0 atom stereocenters. The molecular weight excluding hydrogens is 779 g/mol. The fourth-order valence-electron chi connectivity index (χ4n) is 10.1. The zero-order valence-corrected chi connectivity index (χ0v) is 36.0. The molecule has 0 bridgehead atoms. The Labute approximate surface area is 372 Å². The van der Waals surface area contributed by atoms with Gasteiger partial charge in [-0.15, -0.1) is 11.3 Å². The predicted molar refractivity (Wildman–Crippen MR) is 271 cm³/mol. The van der Waals surface area contributed by atoms with Gasteiger partial charge < -0.3 is 4.90 Å². The van der Waals surface area contributed by atoms with Crippen LogP contribution in [0.2, 0.25) is 0 Å². The van der Waals surface area contributed by atoms with Crippen molar-refractivity contribution in [3.05, 3.63) is 236 Å². The van der Waals surface area contributed by atoms with Crippen molar-refractivity contribution in [2.75, 3.05) is 4.90 Å². The van der Waals surface area contributed by atoms with Gasteiger partial charge in [-0.05, 0) is 127 Å². The maximum Gasteiger partial charge on any atom is 0.0640 e. The van der Waals surface area contributed by atoms with Crippen molar-refractivity contribution in [2.45, 2.75) is 19.3 Å². The van der Waals surface area contributed by atoms with Crippen LogP contribution in [-0.2, 0) is 5.41 Å². The highest BCUT2D eigenvalue weighted by atomic mass is 32.1. The lowest BCUT2D eigenvalue weighted by molar-refractivity contribution is 0.660. The van der Waals surface area contributed by atoms with Crippen LogP contribution in [-0.4, -0.2) is 0 Å². The summed E-state index contributed by atoms with van der Waals surface area (Å²) in [5, 5.41) is 5.12. The van der Waals surface area contributed by atoms with Crippen molar-refractivity contribution in [3.8, 4) is 55.6 Å². The van der Waals surface area contributed by atoms with Crippen LogP contribution in [0.1, 0.15) is 25.0 Å². The highest BCUT2D eigenvalue weighted by molar-refractivity contribution is 7.27. The second-order valence-electron chi connectivity index (χ2n) is 17.3. The lowest BCUT2D eigenvalue weighted by Gasteiger charge is -2.28. The van der Waals surface area contributed by atoms with Crippen LogP contribution < -0.4 is 4.90 Å². The van der Waals surface area contributed by atoms with E-state index >= 15 is 0 Å². The lowest BCUT2D eigenvalue weighted by atomic mass is 9.82. The van der Waals surface area contributed by atoms with Gasteiger partial charge in [-0.3, -0.25) is 0 Å². The maximum atomic E-state index is 2.47. The molecule has 12 rings (SSSR count). The minimum absolute atomic E-state index is 0.0985. The van der Waals surface area contributed by atoms with Gasteiger partial charge in [0.2, 0.25) is 0 Å². The Morgan fingerprint density at radius 2 is 0.841 bits per heavy atom. The summed E-state index contributed by atoms with van der Waals surface area (Å²) in [6.07, 6.45) is 0. The topological polar surface area (TPSA) is 3.24 Å². The Morgan fingerprint density at radius 3 is 1.52 bits per heavy atom. The fourth-order valence-corrected chi connectivity index (χ4v) is 11.4. The minimum Gasteiger partial charge on any atom is -0.309 e. The van der Waals surface area contributed by atoms with Gasteiger partial charge in [0.25, 0.3) is 0 Å². The van der Waals surface area contributed by atoms with Crippen LogP contribution in [0.4, 0.5) is 17.1 Å². The zero-order chi connectivity index (χ0) is 42.1. The van der Waals surface area contributed by atoms with Crippen LogP contribution in [0.3, 0.4) is 0 Å². The van der Waals surface area contributed by atoms with Crippen LogP contribution in [0.25, 0.3) is 86.6 Å². The second kappa shape index (κ2) is 14.8. The average molecular weight is 822 g/mol. The number of hydrogen-bond donors (Lipinski definition) is 0. The van der Waals surface area contributed by atoms with Crippen LogP contribution >= 0.6 is 11.3 Å². The number of benzene rings is 10. The van der Waals surface area contributed by atoms with E-state index in [1.165, 1.54) is 109 Å². The monoisotopic (exact) mass is 821 g/mol. The third kappa shape index (κ3) is 6.21. The lowest BCUT2D eigenvalue weighted by Crippen LogP contribution is -2.16. The van der Waals surface area contributed by atoms with Gasteiger partial charge in [-0.2, -0.15) is 0 Å². The molecule has 0 aliphatic heterocycles. The van der Waals surface area contributed by atoms with E-state index in [9.17, 15) is 0 Å². The van der Waals surface area contributed by atoms with Crippen LogP contribution in [0.5, 0.6) is 0 Å². The quantitative estimate of drug-likeness (QED) is 0.155. The van der Waals surface area contributed by atoms with E-state index < -0.39 is 0 Å². The highest BCUT2D eigenvalue weighted by Crippen LogP contribution is 2.52. The van der Waals surface area contributed by atoms with E-state index in [0.29, 0.717) is 0 Å². The first-order chi connectivity index (χ1) is 31.0. The molecule has 0 N–H and O–H groups in total. The molecule has 1 aliphatic rings. The molecule has 0 fully saturated rings. The Kier molecular flexibility index (Phi) is 8.77. The van der Waals surface area contributed by atoms with Crippen molar-refractivity contribution in [3.63, 3.8) is 0 Å². The smallest absolute Gasteiger partial charge is 0.0640 e. The molecule has 11 aromatic rings. The Bertz CT molecular complexity index is 3450. The maximum absolute atomic E-state index is 2.47. The number of fused-ring (bicyclic) bond motifs is 8. The predicted octanol–water partition coefficient (Wildman–Crippen LogP) is 17.7. The van der Waals surface area contributed by atoms with Crippen LogP contribution in [0.15, 0.2) is 224 Å². The third-order valence-electron chi connectivity index (χ3n) is 13.2. The molecule has 0 unspecified atom stereocenters. The number of hydrogen-bond acceptors (Lipinski definition) is 2. The van der Waals surface area contributed by atoms with Crippen molar-refractivity contribution >= 4 is 59.3 Å². The van der Waals surface area contributed by atoms with E-state index in [1.54, 1.807) is 0 Å². The number of anilines is 3. The molecule has 0 saturated heterocycles. The van der Waals surface area contributed by atoms with E-state index in [2.05, 4.69) is 243 Å². The number of rotatable bonds is 7. The molecule has 0 radical (unpaired) electrons. The van der Waals surface area contributed by atoms with Crippen molar-refractivity contribution in [2.24, 2.45) is 0 Å². The Hall–Kier alpha value is -7.52. The molecule has 0 saturated carbocycles. The largest absolute Gasteiger partial charge is 0.309 e.